The number of carboxylic acids is 2. The SMILES string of the molecule is O=C(O)C(O)(C(=O)O)c1ccc(F)cc1. The van der Waals surface area contributed by atoms with Gasteiger partial charge in [-0.25, -0.2) is 14.0 Å². The normalized spacial score (nSPS) is 11.1. The van der Waals surface area contributed by atoms with E-state index in [4.69, 9.17) is 10.2 Å². The number of rotatable bonds is 3. The van der Waals surface area contributed by atoms with Crippen LogP contribution in [0.4, 0.5) is 4.39 Å². The highest BCUT2D eigenvalue weighted by atomic mass is 19.1. The zero-order valence-corrected chi connectivity index (χ0v) is 7.35. The topological polar surface area (TPSA) is 94.8 Å². The standard InChI is InChI=1S/C9H7FO5/c10-6-3-1-5(2-4-6)9(15,7(11)12)8(13)14/h1-4,15H,(H,11,12)(H,13,14). The summed E-state index contributed by atoms with van der Waals surface area (Å²) < 4.78 is 12.5. The monoisotopic (exact) mass is 214 g/mol. The summed E-state index contributed by atoms with van der Waals surface area (Å²) in [6.07, 6.45) is 0. The van der Waals surface area contributed by atoms with Gasteiger partial charge in [0.2, 0.25) is 0 Å². The van der Waals surface area contributed by atoms with Crippen molar-refractivity contribution in [3.63, 3.8) is 0 Å². The second-order valence-electron chi connectivity index (χ2n) is 2.83. The van der Waals surface area contributed by atoms with E-state index < -0.39 is 28.9 Å². The van der Waals surface area contributed by atoms with Crippen LogP contribution >= 0.6 is 0 Å². The predicted molar refractivity (Wildman–Crippen MR) is 45.6 cm³/mol. The number of hydrogen-bond donors (Lipinski definition) is 3. The molecule has 0 aliphatic carbocycles. The van der Waals surface area contributed by atoms with Crippen molar-refractivity contribution in [1.29, 1.82) is 0 Å². The molecule has 0 radical (unpaired) electrons. The lowest BCUT2D eigenvalue weighted by Gasteiger charge is -2.18. The smallest absolute Gasteiger partial charge is 0.352 e. The molecule has 0 heterocycles. The van der Waals surface area contributed by atoms with Crippen molar-refractivity contribution in [1.82, 2.24) is 0 Å². The summed E-state index contributed by atoms with van der Waals surface area (Å²) in [5, 5.41) is 26.6. The maximum atomic E-state index is 12.5. The first-order valence-corrected chi connectivity index (χ1v) is 3.84. The zero-order valence-electron chi connectivity index (χ0n) is 7.35. The third kappa shape index (κ3) is 1.79. The quantitative estimate of drug-likeness (QED) is 0.624. The Kier molecular flexibility index (Phi) is 2.71. The lowest BCUT2D eigenvalue weighted by molar-refractivity contribution is -0.177. The van der Waals surface area contributed by atoms with Crippen molar-refractivity contribution in [3.05, 3.63) is 35.6 Å². The Labute approximate surface area is 83.4 Å². The van der Waals surface area contributed by atoms with Crippen LogP contribution in [0.5, 0.6) is 0 Å². The lowest BCUT2D eigenvalue weighted by atomic mass is 9.94. The number of benzene rings is 1. The van der Waals surface area contributed by atoms with Crippen molar-refractivity contribution >= 4 is 11.9 Å². The van der Waals surface area contributed by atoms with E-state index in [9.17, 15) is 19.1 Å². The van der Waals surface area contributed by atoms with Crippen LogP contribution in [0, 0.1) is 5.82 Å². The van der Waals surface area contributed by atoms with Gasteiger partial charge in [0.05, 0.1) is 0 Å². The minimum atomic E-state index is -3.05. The summed E-state index contributed by atoms with van der Waals surface area (Å²) in [5.41, 5.74) is -3.46. The van der Waals surface area contributed by atoms with Crippen LogP contribution in [-0.4, -0.2) is 27.3 Å². The highest BCUT2D eigenvalue weighted by Gasteiger charge is 2.46. The molecule has 0 fully saturated rings. The summed E-state index contributed by atoms with van der Waals surface area (Å²) in [6, 6.07) is 3.54. The fourth-order valence-electron chi connectivity index (χ4n) is 1.03. The van der Waals surface area contributed by atoms with Crippen molar-refractivity contribution < 1.29 is 29.3 Å². The first-order valence-electron chi connectivity index (χ1n) is 3.84. The number of carboxylic acid groups (broad SMARTS) is 2. The molecule has 0 spiro atoms. The molecule has 0 atom stereocenters. The van der Waals surface area contributed by atoms with Gasteiger partial charge in [-0.1, -0.05) is 12.1 Å². The Balaban J connectivity index is 3.28. The maximum Gasteiger partial charge on any atom is 0.352 e. The summed E-state index contributed by atoms with van der Waals surface area (Å²) in [7, 11) is 0. The Morgan fingerprint density at radius 3 is 1.80 bits per heavy atom. The molecule has 0 bridgehead atoms. The molecule has 0 aliphatic heterocycles. The number of carbonyl (C=O) groups is 2. The van der Waals surface area contributed by atoms with Crippen LogP contribution in [0.3, 0.4) is 0 Å². The Bertz CT molecular complexity index is 383. The highest BCUT2D eigenvalue weighted by molar-refractivity contribution is 6.02. The average Bonchev–Trinajstić information content (AvgIpc) is 2.17. The van der Waals surface area contributed by atoms with Gasteiger partial charge in [-0.15, -0.1) is 0 Å². The molecule has 0 unspecified atom stereocenters. The number of aliphatic carboxylic acids is 2. The van der Waals surface area contributed by atoms with Gasteiger partial charge in [0.15, 0.2) is 0 Å². The van der Waals surface area contributed by atoms with Crippen molar-refractivity contribution in [2.24, 2.45) is 0 Å². The maximum absolute atomic E-state index is 12.5. The summed E-state index contributed by atoms with van der Waals surface area (Å²) in [6.45, 7) is 0. The lowest BCUT2D eigenvalue weighted by Crippen LogP contribution is -2.43. The van der Waals surface area contributed by atoms with Crippen LogP contribution in [0.1, 0.15) is 5.56 Å². The van der Waals surface area contributed by atoms with Gasteiger partial charge in [0, 0.05) is 5.56 Å². The zero-order chi connectivity index (χ0) is 11.6. The summed E-state index contributed by atoms with van der Waals surface area (Å²) in [4.78, 5) is 21.2. The predicted octanol–water partition coefficient (Wildman–Crippen LogP) is 0.182. The minimum absolute atomic E-state index is 0.413. The van der Waals surface area contributed by atoms with Gasteiger partial charge in [0.25, 0.3) is 5.60 Å². The second-order valence-corrected chi connectivity index (χ2v) is 2.83. The van der Waals surface area contributed by atoms with Crippen LogP contribution in [-0.2, 0) is 15.2 Å². The molecule has 0 aliphatic rings. The molecular weight excluding hydrogens is 207 g/mol. The van der Waals surface area contributed by atoms with Gasteiger partial charge in [-0.05, 0) is 12.1 Å². The first-order chi connectivity index (χ1) is 6.89. The highest BCUT2D eigenvalue weighted by Crippen LogP contribution is 2.22. The largest absolute Gasteiger partial charge is 0.478 e. The van der Waals surface area contributed by atoms with Crippen LogP contribution < -0.4 is 0 Å². The van der Waals surface area contributed by atoms with Crippen LogP contribution in [0.15, 0.2) is 24.3 Å². The second kappa shape index (κ2) is 3.66. The molecule has 80 valence electrons. The van der Waals surface area contributed by atoms with E-state index in [0.717, 1.165) is 24.3 Å². The fourth-order valence-corrected chi connectivity index (χ4v) is 1.03. The van der Waals surface area contributed by atoms with Gasteiger partial charge < -0.3 is 15.3 Å². The van der Waals surface area contributed by atoms with E-state index in [2.05, 4.69) is 0 Å². The average molecular weight is 214 g/mol. The third-order valence-electron chi connectivity index (χ3n) is 1.88. The van der Waals surface area contributed by atoms with E-state index in [0.29, 0.717) is 0 Å². The first kappa shape index (κ1) is 11.1. The van der Waals surface area contributed by atoms with Crippen LogP contribution in [0.25, 0.3) is 0 Å². The molecule has 0 amide bonds. The molecule has 3 N–H and O–H groups in total. The molecular formula is C9H7FO5. The third-order valence-corrected chi connectivity index (χ3v) is 1.88. The molecule has 0 saturated heterocycles. The van der Waals surface area contributed by atoms with E-state index in [1.165, 1.54) is 0 Å². The van der Waals surface area contributed by atoms with E-state index in [-0.39, 0.29) is 0 Å². The summed E-state index contributed by atoms with van der Waals surface area (Å²) in [5.74, 6) is -4.51. The molecule has 15 heavy (non-hydrogen) atoms. The van der Waals surface area contributed by atoms with Crippen LogP contribution in [0.2, 0.25) is 0 Å². The van der Waals surface area contributed by atoms with Crippen molar-refractivity contribution in [2.45, 2.75) is 5.60 Å². The van der Waals surface area contributed by atoms with Gasteiger partial charge >= 0.3 is 11.9 Å². The van der Waals surface area contributed by atoms with Crippen molar-refractivity contribution in [2.75, 3.05) is 0 Å². The van der Waals surface area contributed by atoms with Gasteiger partial charge in [0.1, 0.15) is 5.82 Å². The van der Waals surface area contributed by atoms with Gasteiger partial charge in [-0.3, -0.25) is 0 Å². The number of halogens is 1. The van der Waals surface area contributed by atoms with Gasteiger partial charge in [-0.2, -0.15) is 0 Å². The molecule has 1 aromatic carbocycles. The molecule has 0 saturated carbocycles. The van der Waals surface area contributed by atoms with E-state index in [1.807, 2.05) is 0 Å². The molecule has 1 rings (SSSR count). The Morgan fingerprint density at radius 2 is 1.47 bits per heavy atom. The molecule has 6 heteroatoms. The van der Waals surface area contributed by atoms with E-state index in [1.54, 1.807) is 0 Å². The Hall–Kier alpha value is -1.95. The molecule has 0 aromatic heterocycles. The number of hydrogen-bond acceptors (Lipinski definition) is 3. The molecule has 1 aromatic rings. The fraction of sp³-hybridized carbons (Fsp3) is 0.111. The van der Waals surface area contributed by atoms with E-state index >= 15 is 0 Å². The Morgan fingerprint density at radius 1 is 1.07 bits per heavy atom. The number of aliphatic hydroxyl groups is 1. The molecule has 5 nitrogen and oxygen atoms in total. The summed E-state index contributed by atoms with van der Waals surface area (Å²) >= 11 is 0. The van der Waals surface area contributed by atoms with Crippen molar-refractivity contribution in [3.8, 4) is 0 Å². The minimum Gasteiger partial charge on any atom is -0.478 e.